The van der Waals surface area contributed by atoms with Gasteiger partial charge in [0, 0.05) is 12.1 Å². The minimum atomic E-state index is -1.05. The summed E-state index contributed by atoms with van der Waals surface area (Å²) in [5.41, 5.74) is 0.682. The molecule has 0 fully saturated rings. The molecule has 0 saturated carbocycles. The van der Waals surface area contributed by atoms with Crippen LogP contribution in [0.25, 0.3) is 0 Å². The summed E-state index contributed by atoms with van der Waals surface area (Å²) in [5, 5.41) is 7.52. The second-order valence-corrected chi connectivity index (χ2v) is 6.53. The van der Waals surface area contributed by atoms with Gasteiger partial charge in [-0.3, -0.25) is 0 Å². The highest BCUT2D eigenvalue weighted by atomic mass is 32.2. The van der Waals surface area contributed by atoms with Gasteiger partial charge in [0.15, 0.2) is 0 Å². The second kappa shape index (κ2) is 3.97. The van der Waals surface area contributed by atoms with Crippen LogP contribution in [-0.4, -0.2) is 23.2 Å². The Labute approximate surface area is 81.2 Å². The molecule has 13 heavy (non-hydrogen) atoms. The van der Waals surface area contributed by atoms with Crippen LogP contribution in [0.4, 0.5) is 0 Å². The van der Waals surface area contributed by atoms with Crippen LogP contribution in [-0.2, 0) is 0 Å². The fraction of sp³-hybridized carbons (Fsp3) is 0.364. The van der Waals surface area contributed by atoms with E-state index >= 15 is 0 Å². The molecule has 0 spiro atoms. The maximum atomic E-state index is 7.52. The second-order valence-electron chi connectivity index (χ2n) is 3.34. The van der Waals surface area contributed by atoms with E-state index in [0.717, 1.165) is 18.6 Å². The normalized spacial score (nSPS) is 18.2. The van der Waals surface area contributed by atoms with E-state index in [4.69, 9.17) is 5.41 Å². The van der Waals surface area contributed by atoms with Crippen LogP contribution in [0.5, 0.6) is 0 Å². The molecule has 0 radical (unpaired) electrons. The molecule has 0 bridgehead atoms. The van der Waals surface area contributed by atoms with Gasteiger partial charge in [-0.25, -0.2) is 0 Å². The standard InChI is InChI=1S/C11H17NS/c1-4-13(2,3)11-7-5-6-10(12)8-9-11/h5-6,9,12H,2-4,7-8H2,1H3. The van der Waals surface area contributed by atoms with E-state index in [1.165, 1.54) is 4.91 Å². The summed E-state index contributed by atoms with van der Waals surface area (Å²) in [6, 6.07) is 0. The maximum absolute atomic E-state index is 7.52. The number of hydrogen-bond acceptors (Lipinski definition) is 1. The molecule has 2 heteroatoms. The zero-order valence-electron chi connectivity index (χ0n) is 8.18. The molecule has 72 valence electrons. The van der Waals surface area contributed by atoms with Crippen LogP contribution < -0.4 is 0 Å². The van der Waals surface area contributed by atoms with Gasteiger partial charge in [-0.05, 0) is 23.2 Å². The van der Waals surface area contributed by atoms with Crippen LogP contribution in [0.1, 0.15) is 19.8 Å². The molecule has 0 aromatic carbocycles. The lowest BCUT2D eigenvalue weighted by Crippen LogP contribution is -1.88. The molecular formula is C11H17NS. The first-order valence-electron chi connectivity index (χ1n) is 4.46. The van der Waals surface area contributed by atoms with Gasteiger partial charge in [-0.1, -0.05) is 30.8 Å². The monoisotopic (exact) mass is 195 g/mol. The topological polar surface area (TPSA) is 23.9 Å². The maximum Gasteiger partial charge on any atom is 0.0348 e. The Kier molecular flexibility index (Phi) is 3.15. The first-order valence-corrected chi connectivity index (χ1v) is 6.60. The molecule has 1 nitrogen and oxygen atoms in total. The first-order chi connectivity index (χ1) is 6.06. The van der Waals surface area contributed by atoms with E-state index in [9.17, 15) is 0 Å². The molecule has 0 aromatic rings. The summed E-state index contributed by atoms with van der Waals surface area (Å²) in [5.74, 6) is 9.38. The molecule has 0 atom stereocenters. The van der Waals surface area contributed by atoms with Gasteiger partial charge in [-0.15, -0.1) is 0 Å². The lowest BCUT2D eigenvalue weighted by atomic mass is 10.3. The Morgan fingerprint density at radius 2 is 2.15 bits per heavy atom. The lowest BCUT2D eigenvalue weighted by molar-refractivity contribution is 1.33. The van der Waals surface area contributed by atoms with E-state index < -0.39 is 9.21 Å². The lowest BCUT2D eigenvalue weighted by Gasteiger charge is -2.14. The van der Waals surface area contributed by atoms with Crippen molar-refractivity contribution in [2.75, 3.05) is 5.75 Å². The van der Waals surface area contributed by atoms with Crippen molar-refractivity contribution in [2.24, 2.45) is 0 Å². The van der Waals surface area contributed by atoms with Crippen LogP contribution in [0.15, 0.2) is 23.1 Å². The molecule has 0 unspecified atom stereocenters. The minimum absolute atomic E-state index is 0.682. The van der Waals surface area contributed by atoms with Crippen LogP contribution >= 0.6 is 9.21 Å². The highest BCUT2D eigenvalue weighted by Gasteiger charge is 2.04. The average molecular weight is 195 g/mol. The van der Waals surface area contributed by atoms with E-state index in [1.807, 2.05) is 6.08 Å². The fourth-order valence-corrected chi connectivity index (χ4v) is 2.49. The summed E-state index contributed by atoms with van der Waals surface area (Å²) in [7, 11) is -1.05. The molecule has 1 N–H and O–H groups in total. The molecule has 1 aliphatic carbocycles. The van der Waals surface area contributed by atoms with Gasteiger partial charge in [-0.2, -0.15) is 9.21 Å². The predicted molar refractivity (Wildman–Crippen MR) is 66.6 cm³/mol. The summed E-state index contributed by atoms with van der Waals surface area (Å²) in [4.78, 5) is 1.34. The van der Waals surface area contributed by atoms with Gasteiger partial charge >= 0.3 is 0 Å². The van der Waals surface area contributed by atoms with E-state index in [2.05, 4.69) is 30.8 Å². The van der Waals surface area contributed by atoms with E-state index in [0.29, 0.717) is 5.71 Å². The molecule has 0 saturated heterocycles. The summed E-state index contributed by atoms with van der Waals surface area (Å²) in [6.45, 7) is 2.14. The van der Waals surface area contributed by atoms with Crippen LogP contribution in [0.3, 0.4) is 0 Å². The van der Waals surface area contributed by atoms with Gasteiger partial charge in [0.1, 0.15) is 0 Å². The number of rotatable bonds is 2. The smallest absolute Gasteiger partial charge is 0.0348 e. The predicted octanol–water partition coefficient (Wildman–Crippen LogP) is 2.93. The Bertz CT molecular complexity index is 356. The SMILES string of the molecule is C=S(=C)(CC)C1=CCC(=N)C=CC1. The number of hydrogen-bond donors (Lipinski definition) is 1. The molecule has 0 aromatic heterocycles. The molecule has 0 aliphatic heterocycles. The van der Waals surface area contributed by atoms with Gasteiger partial charge in [0.05, 0.1) is 0 Å². The highest BCUT2D eigenvalue weighted by Crippen LogP contribution is 2.34. The van der Waals surface area contributed by atoms with Gasteiger partial charge < -0.3 is 5.41 Å². The van der Waals surface area contributed by atoms with Crippen molar-refractivity contribution in [1.82, 2.24) is 0 Å². The Morgan fingerprint density at radius 1 is 1.46 bits per heavy atom. The third-order valence-electron chi connectivity index (χ3n) is 2.30. The number of nitrogens with one attached hydrogen (secondary N) is 1. The quantitative estimate of drug-likeness (QED) is 0.655. The molecule has 1 aliphatic rings. The zero-order chi connectivity index (χ0) is 9.90. The van der Waals surface area contributed by atoms with Crippen molar-refractivity contribution in [3.8, 4) is 0 Å². The van der Waals surface area contributed by atoms with Crippen molar-refractivity contribution < 1.29 is 0 Å². The van der Waals surface area contributed by atoms with Crippen molar-refractivity contribution in [2.45, 2.75) is 19.8 Å². The summed E-state index contributed by atoms with van der Waals surface area (Å²) < 4.78 is 0. The Morgan fingerprint density at radius 3 is 2.77 bits per heavy atom. The van der Waals surface area contributed by atoms with Crippen molar-refractivity contribution in [1.29, 1.82) is 5.41 Å². The Balaban J connectivity index is 2.95. The molecule has 1 rings (SSSR count). The van der Waals surface area contributed by atoms with E-state index in [1.54, 1.807) is 0 Å². The van der Waals surface area contributed by atoms with Crippen molar-refractivity contribution in [3.63, 3.8) is 0 Å². The third kappa shape index (κ3) is 2.59. The Hall–Kier alpha value is -0.760. The first kappa shape index (κ1) is 10.3. The van der Waals surface area contributed by atoms with Crippen LogP contribution in [0.2, 0.25) is 0 Å². The van der Waals surface area contributed by atoms with E-state index in [-0.39, 0.29) is 0 Å². The minimum Gasteiger partial charge on any atom is -0.305 e. The number of allylic oxidation sites excluding steroid dienone is 4. The average Bonchev–Trinajstić information content (AvgIpc) is 2.30. The van der Waals surface area contributed by atoms with Crippen molar-refractivity contribution in [3.05, 3.63) is 23.1 Å². The molecule has 0 heterocycles. The largest absolute Gasteiger partial charge is 0.305 e. The highest BCUT2D eigenvalue weighted by molar-refractivity contribution is 8.30. The van der Waals surface area contributed by atoms with Gasteiger partial charge in [0.25, 0.3) is 0 Å². The zero-order valence-corrected chi connectivity index (χ0v) is 8.99. The van der Waals surface area contributed by atoms with Crippen LogP contribution in [0, 0.1) is 5.41 Å². The van der Waals surface area contributed by atoms with Crippen molar-refractivity contribution >= 4 is 26.7 Å². The van der Waals surface area contributed by atoms with Gasteiger partial charge in [0.2, 0.25) is 0 Å². The fourth-order valence-electron chi connectivity index (χ4n) is 1.23. The summed E-state index contributed by atoms with van der Waals surface area (Å²) in [6.07, 6.45) is 7.74. The third-order valence-corrected chi connectivity index (χ3v) is 4.85. The summed E-state index contributed by atoms with van der Waals surface area (Å²) >= 11 is 0. The molecular weight excluding hydrogens is 178 g/mol. The molecule has 0 amide bonds.